The Morgan fingerprint density at radius 1 is 1.57 bits per heavy atom. The minimum Gasteiger partial charge on any atom is -0.508 e. The number of benzene rings is 1. The molecule has 0 radical (unpaired) electrons. The molecule has 0 heterocycles. The third-order valence-corrected chi connectivity index (χ3v) is 1.91. The van der Waals surface area contributed by atoms with Gasteiger partial charge >= 0.3 is 5.97 Å². The van der Waals surface area contributed by atoms with Crippen LogP contribution >= 0.6 is 0 Å². The number of phenols is 1. The van der Waals surface area contributed by atoms with Crippen molar-refractivity contribution in [1.82, 2.24) is 0 Å². The first-order valence-electron chi connectivity index (χ1n) is 3.91. The molecule has 1 aromatic carbocycles. The highest BCUT2D eigenvalue weighted by Gasteiger charge is 2.19. The van der Waals surface area contributed by atoms with Crippen molar-refractivity contribution >= 4 is 5.97 Å². The summed E-state index contributed by atoms with van der Waals surface area (Å²) < 4.78 is 13.0. The van der Waals surface area contributed by atoms with E-state index in [9.17, 15) is 14.3 Å². The van der Waals surface area contributed by atoms with E-state index < -0.39 is 17.8 Å². The van der Waals surface area contributed by atoms with E-state index in [1.807, 2.05) is 0 Å². The molecule has 0 aliphatic carbocycles. The molecule has 5 heteroatoms. The summed E-state index contributed by atoms with van der Waals surface area (Å²) in [6.45, 7) is 1.46. The van der Waals surface area contributed by atoms with Gasteiger partial charge in [-0.2, -0.15) is 0 Å². The Morgan fingerprint density at radius 2 is 2.14 bits per heavy atom. The van der Waals surface area contributed by atoms with Crippen molar-refractivity contribution in [2.24, 2.45) is 5.73 Å². The quantitative estimate of drug-likeness (QED) is 0.661. The molecule has 0 amide bonds. The monoisotopic (exact) mass is 199 g/mol. The second kappa shape index (κ2) is 3.63. The van der Waals surface area contributed by atoms with Crippen LogP contribution in [0.5, 0.6) is 5.75 Å². The van der Waals surface area contributed by atoms with Crippen LogP contribution in [0, 0.1) is 12.7 Å². The van der Waals surface area contributed by atoms with Gasteiger partial charge in [0.05, 0.1) is 0 Å². The fourth-order valence-corrected chi connectivity index (χ4v) is 1.06. The zero-order chi connectivity index (χ0) is 10.9. The van der Waals surface area contributed by atoms with Crippen LogP contribution in [0.3, 0.4) is 0 Å². The Bertz CT molecular complexity index is 379. The number of carboxylic acid groups (broad SMARTS) is 1. The van der Waals surface area contributed by atoms with Gasteiger partial charge in [0.1, 0.15) is 17.6 Å². The second-order valence-electron chi connectivity index (χ2n) is 2.98. The maximum atomic E-state index is 13.0. The molecule has 1 aromatic rings. The molecule has 14 heavy (non-hydrogen) atoms. The summed E-state index contributed by atoms with van der Waals surface area (Å²) in [4.78, 5) is 10.5. The molecule has 0 aliphatic heterocycles. The Hall–Kier alpha value is -1.62. The third kappa shape index (κ3) is 1.82. The summed E-state index contributed by atoms with van der Waals surface area (Å²) in [6.07, 6.45) is 0. The first kappa shape index (κ1) is 10.5. The van der Waals surface area contributed by atoms with E-state index in [0.717, 1.165) is 12.1 Å². The molecule has 0 saturated heterocycles. The van der Waals surface area contributed by atoms with Gasteiger partial charge in [0.25, 0.3) is 0 Å². The molecule has 0 spiro atoms. The van der Waals surface area contributed by atoms with Crippen molar-refractivity contribution in [3.8, 4) is 5.75 Å². The molecule has 4 nitrogen and oxygen atoms in total. The fraction of sp³-hybridized carbons (Fsp3) is 0.222. The molecular weight excluding hydrogens is 189 g/mol. The lowest BCUT2D eigenvalue weighted by molar-refractivity contribution is -0.138. The van der Waals surface area contributed by atoms with Gasteiger partial charge < -0.3 is 15.9 Å². The third-order valence-electron chi connectivity index (χ3n) is 1.91. The predicted octanol–water partition coefficient (Wildman–Crippen LogP) is 0.924. The van der Waals surface area contributed by atoms with E-state index in [1.165, 1.54) is 6.92 Å². The fourth-order valence-electron chi connectivity index (χ4n) is 1.06. The zero-order valence-corrected chi connectivity index (χ0v) is 7.49. The van der Waals surface area contributed by atoms with Crippen molar-refractivity contribution in [2.45, 2.75) is 13.0 Å². The first-order valence-corrected chi connectivity index (χ1v) is 3.91. The Morgan fingerprint density at radius 3 is 2.64 bits per heavy atom. The van der Waals surface area contributed by atoms with E-state index in [0.29, 0.717) is 0 Å². The molecule has 1 rings (SSSR count). The lowest BCUT2D eigenvalue weighted by Crippen LogP contribution is -2.21. The van der Waals surface area contributed by atoms with Gasteiger partial charge in [-0.05, 0) is 24.6 Å². The number of halogens is 1. The maximum Gasteiger partial charge on any atom is 0.325 e. The lowest BCUT2D eigenvalue weighted by Gasteiger charge is -2.10. The molecule has 0 bridgehead atoms. The van der Waals surface area contributed by atoms with Gasteiger partial charge in [-0.25, -0.2) is 4.39 Å². The van der Waals surface area contributed by atoms with Crippen LogP contribution in [-0.4, -0.2) is 16.2 Å². The number of rotatable bonds is 2. The zero-order valence-electron chi connectivity index (χ0n) is 7.49. The summed E-state index contributed by atoms with van der Waals surface area (Å²) in [5, 5.41) is 17.9. The molecule has 0 aliphatic rings. The highest BCUT2D eigenvalue weighted by Crippen LogP contribution is 2.25. The van der Waals surface area contributed by atoms with Crippen LogP contribution in [0.15, 0.2) is 12.1 Å². The summed E-state index contributed by atoms with van der Waals surface area (Å²) in [5.41, 5.74) is 5.35. The normalized spacial score (nSPS) is 12.5. The minimum absolute atomic E-state index is 0.124. The Balaban J connectivity index is 3.22. The maximum absolute atomic E-state index is 13.0. The van der Waals surface area contributed by atoms with Crippen LogP contribution in [0.1, 0.15) is 17.2 Å². The van der Waals surface area contributed by atoms with Crippen LogP contribution < -0.4 is 5.73 Å². The highest BCUT2D eigenvalue weighted by atomic mass is 19.1. The summed E-state index contributed by atoms with van der Waals surface area (Å²) in [6, 6.07) is 0.668. The second-order valence-corrected chi connectivity index (χ2v) is 2.98. The van der Waals surface area contributed by atoms with Gasteiger partial charge in [0, 0.05) is 5.56 Å². The lowest BCUT2D eigenvalue weighted by atomic mass is 10.0. The van der Waals surface area contributed by atoms with Gasteiger partial charge in [-0.15, -0.1) is 0 Å². The van der Waals surface area contributed by atoms with Crippen LogP contribution in [-0.2, 0) is 4.79 Å². The van der Waals surface area contributed by atoms with Crippen molar-refractivity contribution < 1.29 is 19.4 Å². The number of hydrogen-bond donors (Lipinski definition) is 3. The Labute approximate surface area is 79.8 Å². The molecule has 0 saturated carbocycles. The van der Waals surface area contributed by atoms with E-state index >= 15 is 0 Å². The van der Waals surface area contributed by atoms with Crippen molar-refractivity contribution in [2.75, 3.05) is 0 Å². The van der Waals surface area contributed by atoms with E-state index in [-0.39, 0.29) is 16.9 Å². The van der Waals surface area contributed by atoms with E-state index in [4.69, 9.17) is 10.8 Å². The van der Waals surface area contributed by atoms with Crippen molar-refractivity contribution in [3.63, 3.8) is 0 Å². The molecule has 1 atom stereocenters. The number of aromatic hydroxyl groups is 1. The summed E-state index contributed by atoms with van der Waals surface area (Å²) in [5.74, 6) is -2.21. The molecule has 4 N–H and O–H groups in total. The number of aliphatic carboxylic acids is 1. The van der Waals surface area contributed by atoms with E-state index in [2.05, 4.69) is 0 Å². The number of carboxylic acids is 1. The molecule has 0 fully saturated rings. The van der Waals surface area contributed by atoms with Gasteiger partial charge in [-0.1, -0.05) is 0 Å². The number of carbonyl (C=O) groups is 1. The number of nitrogens with two attached hydrogens (primary N) is 1. The summed E-state index contributed by atoms with van der Waals surface area (Å²) in [7, 11) is 0. The molecule has 0 unspecified atom stereocenters. The van der Waals surface area contributed by atoms with Crippen LogP contribution in [0.2, 0.25) is 0 Å². The smallest absolute Gasteiger partial charge is 0.325 e. The number of phenolic OH excluding ortho intramolecular Hbond substituents is 1. The van der Waals surface area contributed by atoms with Gasteiger partial charge in [-0.3, -0.25) is 4.79 Å². The van der Waals surface area contributed by atoms with Crippen molar-refractivity contribution in [1.29, 1.82) is 0 Å². The summed E-state index contributed by atoms with van der Waals surface area (Å²) >= 11 is 0. The van der Waals surface area contributed by atoms with Gasteiger partial charge in [0.2, 0.25) is 0 Å². The highest BCUT2D eigenvalue weighted by molar-refractivity contribution is 5.76. The van der Waals surface area contributed by atoms with Crippen molar-refractivity contribution in [3.05, 3.63) is 29.1 Å². The largest absolute Gasteiger partial charge is 0.508 e. The number of hydrogen-bond acceptors (Lipinski definition) is 3. The van der Waals surface area contributed by atoms with Crippen LogP contribution in [0.4, 0.5) is 4.39 Å². The SMILES string of the molecule is Cc1cc(O)c([C@H](N)C(=O)O)cc1F. The standard InChI is InChI=1S/C9H10FNO3/c1-4-2-7(12)5(3-6(4)10)8(11)9(13)14/h2-3,8,12H,11H2,1H3,(H,13,14)/t8-/m0/s1. The predicted molar refractivity (Wildman–Crippen MR) is 47.4 cm³/mol. The van der Waals surface area contributed by atoms with E-state index in [1.54, 1.807) is 0 Å². The van der Waals surface area contributed by atoms with Crippen LogP contribution in [0.25, 0.3) is 0 Å². The van der Waals surface area contributed by atoms with Gasteiger partial charge in [0.15, 0.2) is 0 Å². The number of aryl methyl sites for hydroxylation is 1. The Kier molecular flexibility index (Phi) is 2.71. The topological polar surface area (TPSA) is 83.5 Å². The first-order chi connectivity index (χ1) is 6.43. The molecule has 76 valence electrons. The molecular formula is C9H10FNO3. The minimum atomic E-state index is -1.41. The average Bonchev–Trinajstić information content (AvgIpc) is 2.10. The molecule has 0 aromatic heterocycles. The average molecular weight is 199 g/mol.